The van der Waals surface area contributed by atoms with E-state index in [1.807, 2.05) is 0 Å². The summed E-state index contributed by atoms with van der Waals surface area (Å²) in [6.45, 7) is 3.51. The number of nitrogens with two attached hydrogens (primary N) is 1. The van der Waals surface area contributed by atoms with Gasteiger partial charge in [0.05, 0.1) is 11.4 Å². The monoisotopic (exact) mass is 299 g/mol. The summed E-state index contributed by atoms with van der Waals surface area (Å²) >= 11 is 0. The molecule has 7 heteroatoms. The van der Waals surface area contributed by atoms with Gasteiger partial charge in [0.2, 0.25) is 15.9 Å². The first-order valence-electron chi connectivity index (χ1n) is 6.26. The van der Waals surface area contributed by atoms with E-state index in [1.54, 1.807) is 40.1 Å². The second kappa shape index (κ2) is 6.23. The number of likely N-dealkylation sites (N-methyl/N-ethyl adjacent to an activating group) is 2. The van der Waals surface area contributed by atoms with Crippen molar-refractivity contribution in [2.24, 2.45) is 0 Å². The topological polar surface area (TPSA) is 83.7 Å². The van der Waals surface area contributed by atoms with Crippen LogP contribution in [-0.4, -0.2) is 50.7 Å². The van der Waals surface area contributed by atoms with E-state index in [0.29, 0.717) is 5.69 Å². The third-order valence-electron chi connectivity index (χ3n) is 2.87. The lowest BCUT2D eigenvalue weighted by Gasteiger charge is -2.22. The van der Waals surface area contributed by atoms with E-state index in [4.69, 9.17) is 5.73 Å². The summed E-state index contributed by atoms with van der Waals surface area (Å²) in [4.78, 5) is 13.2. The number of aryl methyl sites for hydroxylation is 1. The van der Waals surface area contributed by atoms with Crippen molar-refractivity contribution >= 4 is 21.6 Å². The van der Waals surface area contributed by atoms with Crippen LogP contribution in [0.2, 0.25) is 0 Å². The normalized spacial score (nSPS) is 11.7. The Kier molecular flexibility index (Phi) is 5.13. The fourth-order valence-corrected chi connectivity index (χ4v) is 3.27. The Morgan fingerprint density at radius 1 is 1.25 bits per heavy atom. The second-order valence-electron chi connectivity index (χ2n) is 4.80. The molecule has 1 rings (SSSR count). The number of hydrogen-bond acceptors (Lipinski definition) is 4. The quantitative estimate of drug-likeness (QED) is 0.810. The molecule has 0 spiro atoms. The Balaban J connectivity index is 3.15. The third-order valence-corrected chi connectivity index (χ3v) is 4.77. The van der Waals surface area contributed by atoms with Crippen LogP contribution in [0.5, 0.6) is 0 Å². The van der Waals surface area contributed by atoms with Crippen LogP contribution < -0.4 is 5.73 Å². The highest BCUT2D eigenvalue weighted by Crippen LogP contribution is 2.20. The zero-order valence-electron chi connectivity index (χ0n) is 12.3. The molecule has 1 aromatic carbocycles. The smallest absolute Gasteiger partial charge is 0.243 e. The largest absolute Gasteiger partial charge is 0.399 e. The molecule has 0 atom stereocenters. The van der Waals surface area contributed by atoms with Crippen molar-refractivity contribution in [2.45, 2.75) is 18.7 Å². The summed E-state index contributed by atoms with van der Waals surface area (Å²) < 4.78 is 26.2. The maximum atomic E-state index is 12.5. The zero-order valence-corrected chi connectivity index (χ0v) is 13.1. The molecule has 112 valence electrons. The van der Waals surface area contributed by atoms with Crippen molar-refractivity contribution in [2.75, 3.05) is 32.9 Å². The molecule has 0 aliphatic heterocycles. The van der Waals surface area contributed by atoms with Crippen molar-refractivity contribution in [1.29, 1.82) is 0 Å². The van der Waals surface area contributed by atoms with Gasteiger partial charge in [-0.2, -0.15) is 4.31 Å². The third kappa shape index (κ3) is 3.71. The number of carbonyl (C=O) groups excluding carboxylic acids is 1. The molecule has 0 aliphatic carbocycles. The first-order valence-corrected chi connectivity index (χ1v) is 7.70. The van der Waals surface area contributed by atoms with Crippen LogP contribution in [-0.2, 0) is 14.8 Å². The van der Waals surface area contributed by atoms with Crippen molar-refractivity contribution in [3.05, 3.63) is 23.8 Å². The minimum absolute atomic E-state index is 0.114. The van der Waals surface area contributed by atoms with E-state index in [9.17, 15) is 13.2 Å². The van der Waals surface area contributed by atoms with Crippen molar-refractivity contribution in [3.63, 3.8) is 0 Å². The number of hydrogen-bond donors (Lipinski definition) is 1. The van der Waals surface area contributed by atoms with E-state index in [0.717, 1.165) is 9.87 Å². The first-order chi connectivity index (χ1) is 9.18. The molecule has 0 bridgehead atoms. The van der Waals surface area contributed by atoms with Gasteiger partial charge in [0.15, 0.2) is 0 Å². The summed E-state index contributed by atoms with van der Waals surface area (Å²) in [5.74, 6) is -0.268. The fraction of sp³-hybridized carbons (Fsp3) is 0.462. The predicted octanol–water partition coefficient (Wildman–Crippen LogP) is 0.676. The van der Waals surface area contributed by atoms with E-state index in [-0.39, 0.29) is 23.9 Å². The highest BCUT2D eigenvalue weighted by Gasteiger charge is 2.26. The first kappa shape index (κ1) is 16.5. The minimum atomic E-state index is -3.72. The Labute approximate surface area is 120 Å². The number of nitrogen functional groups attached to an aromatic ring is 1. The standard InChI is InChI=1S/C13H21N3O3S/c1-5-16(9-13(17)15(3)4)20(18,19)12-7-10(2)6-11(14)8-12/h6-8H,5,9,14H2,1-4H3. The molecule has 0 saturated carbocycles. The maximum Gasteiger partial charge on any atom is 0.243 e. The van der Waals surface area contributed by atoms with Crippen LogP contribution in [0.4, 0.5) is 5.69 Å². The van der Waals surface area contributed by atoms with Crippen molar-refractivity contribution in [3.8, 4) is 0 Å². The number of sulfonamides is 1. The Morgan fingerprint density at radius 2 is 1.85 bits per heavy atom. The lowest BCUT2D eigenvalue weighted by atomic mass is 10.2. The van der Waals surface area contributed by atoms with Gasteiger partial charge >= 0.3 is 0 Å². The Morgan fingerprint density at radius 3 is 2.30 bits per heavy atom. The summed E-state index contributed by atoms with van der Waals surface area (Å²) in [7, 11) is -0.537. The van der Waals surface area contributed by atoms with Gasteiger partial charge < -0.3 is 10.6 Å². The molecular formula is C13H21N3O3S. The van der Waals surface area contributed by atoms with Crippen LogP contribution in [0.1, 0.15) is 12.5 Å². The molecule has 0 aliphatic rings. The van der Waals surface area contributed by atoms with Crippen molar-refractivity contribution < 1.29 is 13.2 Å². The lowest BCUT2D eigenvalue weighted by molar-refractivity contribution is -0.128. The zero-order chi connectivity index (χ0) is 15.5. The maximum absolute atomic E-state index is 12.5. The van der Waals surface area contributed by atoms with E-state index < -0.39 is 10.0 Å². The molecule has 1 amide bonds. The van der Waals surface area contributed by atoms with Crippen LogP contribution in [0.25, 0.3) is 0 Å². The Hall–Kier alpha value is -1.60. The van der Waals surface area contributed by atoms with Gasteiger partial charge in [-0.15, -0.1) is 0 Å². The summed E-state index contributed by atoms with van der Waals surface area (Å²) in [6, 6.07) is 4.65. The average molecular weight is 299 g/mol. The number of nitrogens with zero attached hydrogens (tertiary/aromatic N) is 2. The molecule has 0 fully saturated rings. The van der Waals surface area contributed by atoms with Crippen LogP contribution >= 0.6 is 0 Å². The number of anilines is 1. The SMILES string of the molecule is CCN(CC(=O)N(C)C)S(=O)(=O)c1cc(C)cc(N)c1. The van der Waals surface area contributed by atoms with Crippen molar-refractivity contribution in [1.82, 2.24) is 9.21 Å². The van der Waals surface area contributed by atoms with Gasteiger partial charge in [-0.05, 0) is 30.7 Å². The van der Waals surface area contributed by atoms with Crippen LogP contribution in [0, 0.1) is 6.92 Å². The highest BCUT2D eigenvalue weighted by molar-refractivity contribution is 7.89. The lowest BCUT2D eigenvalue weighted by Crippen LogP contribution is -2.40. The number of carbonyl (C=O) groups is 1. The average Bonchev–Trinajstić information content (AvgIpc) is 2.33. The molecule has 6 nitrogen and oxygen atoms in total. The van der Waals surface area contributed by atoms with Gasteiger partial charge in [-0.3, -0.25) is 4.79 Å². The van der Waals surface area contributed by atoms with E-state index >= 15 is 0 Å². The molecule has 0 radical (unpaired) electrons. The van der Waals surface area contributed by atoms with Crippen LogP contribution in [0.15, 0.2) is 23.1 Å². The van der Waals surface area contributed by atoms with Gasteiger partial charge in [0.25, 0.3) is 0 Å². The number of amides is 1. The fourth-order valence-electron chi connectivity index (χ4n) is 1.73. The van der Waals surface area contributed by atoms with Gasteiger partial charge in [0, 0.05) is 26.3 Å². The number of rotatable bonds is 5. The summed E-state index contributed by atoms with van der Waals surface area (Å²) in [6.07, 6.45) is 0. The Bertz CT molecular complexity index is 577. The predicted molar refractivity (Wildman–Crippen MR) is 78.7 cm³/mol. The molecule has 2 N–H and O–H groups in total. The van der Waals surface area contributed by atoms with Gasteiger partial charge in [-0.1, -0.05) is 6.92 Å². The van der Waals surface area contributed by atoms with E-state index in [1.165, 1.54) is 11.0 Å². The highest BCUT2D eigenvalue weighted by atomic mass is 32.2. The minimum Gasteiger partial charge on any atom is -0.399 e. The number of benzene rings is 1. The van der Waals surface area contributed by atoms with E-state index in [2.05, 4.69) is 0 Å². The molecular weight excluding hydrogens is 278 g/mol. The summed E-state index contributed by atoms with van der Waals surface area (Å²) in [5.41, 5.74) is 6.84. The molecule has 0 unspecified atom stereocenters. The summed E-state index contributed by atoms with van der Waals surface area (Å²) in [5, 5.41) is 0. The van der Waals surface area contributed by atoms with Crippen LogP contribution in [0.3, 0.4) is 0 Å². The molecule has 1 aromatic rings. The molecule has 0 aromatic heterocycles. The molecule has 0 heterocycles. The van der Waals surface area contributed by atoms with Gasteiger partial charge in [0.1, 0.15) is 0 Å². The second-order valence-corrected chi connectivity index (χ2v) is 6.74. The molecule has 20 heavy (non-hydrogen) atoms. The molecule has 0 saturated heterocycles. The van der Waals surface area contributed by atoms with Gasteiger partial charge in [-0.25, -0.2) is 8.42 Å².